The number of aromatic nitrogens is 1. The summed E-state index contributed by atoms with van der Waals surface area (Å²) < 4.78 is 6.47. The van der Waals surface area contributed by atoms with Gasteiger partial charge in [-0.2, -0.15) is 0 Å². The summed E-state index contributed by atoms with van der Waals surface area (Å²) >= 11 is 9.99. The zero-order valence-electron chi connectivity index (χ0n) is 17.7. The van der Waals surface area contributed by atoms with Gasteiger partial charge in [-0.3, -0.25) is 10.2 Å². The predicted octanol–water partition coefficient (Wildman–Crippen LogP) is 4.01. The highest BCUT2D eigenvalue weighted by molar-refractivity contribution is 9.10. The van der Waals surface area contributed by atoms with Crippen LogP contribution in [0.3, 0.4) is 0 Å². The Kier molecular flexibility index (Phi) is 6.85. The standard InChI is InChI=1S/C24H21BrClN3O4/c1-2-33-17-8-5-15-11-18(24(26)27-19(15)12-17)21-13-20(14-3-6-16(25)7-4-14)28-29(21)22(30)9-10-23(31)32/h3-8,11-13,21,28H,2,9-10H2,1H3,(H,31,32)/p-1. The third-order valence-corrected chi connectivity index (χ3v) is 6.04. The van der Waals surface area contributed by atoms with Gasteiger partial charge in [0, 0.05) is 33.9 Å². The number of rotatable bonds is 7. The van der Waals surface area contributed by atoms with E-state index in [-0.39, 0.29) is 18.0 Å². The van der Waals surface area contributed by atoms with E-state index in [1.54, 1.807) is 0 Å². The quantitative estimate of drug-likeness (QED) is 0.465. The highest BCUT2D eigenvalue weighted by Gasteiger charge is 2.32. The van der Waals surface area contributed by atoms with Crippen molar-refractivity contribution in [3.05, 3.63) is 75.4 Å². The number of carboxylic acids is 1. The molecule has 1 unspecified atom stereocenters. The minimum absolute atomic E-state index is 0.205. The molecule has 0 bridgehead atoms. The van der Waals surface area contributed by atoms with E-state index in [1.807, 2.05) is 61.5 Å². The van der Waals surface area contributed by atoms with Crippen LogP contribution in [0.5, 0.6) is 5.75 Å². The van der Waals surface area contributed by atoms with Gasteiger partial charge in [0.2, 0.25) is 5.91 Å². The summed E-state index contributed by atoms with van der Waals surface area (Å²) in [7, 11) is 0. The van der Waals surface area contributed by atoms with Crippen LogP contribution in [0.4, 0.5) is 0 Å². The second-order valence-electron chi connectivity index (χ2n) is 7.44. The fourth-order valence-electron chi connectivity index (χ4n) is 3.64. The van der Waals surface area contributed by atoms with Gasteiger partial charge in [-0.05, 0) is 55.3 Å². The van der Waals surface area contributed by atoms with Crippen molar-refractivity contribution in [1.29, 1.82) is 0 Å². The van der Waals surface area contributed by atoms with Gasteiger partial charge in [0.25, 0.3) is 0 Å². The molecule has 170 valence electrons. The number of hydrogen-bond donors (Lipinski definition) is 1. The van der Waals surface area contributed by atoms with E-state index in [0.717, 1.165) is 15.4 Å². The first-order valence-corrected chi connectivity index (χ1v) is 11.5. The second kappa shape index (κ2) is 9.80. The Balaban J connectivity index is 1.74. The molecule has 33 heavy (non-hydrogen) atoms. The molecule has 9 heteroatoms. The molecule has 3 aromatic rings. The van der Waals surface area contributed by atoms with Crippen molar-refractivity contribution in [2.45, 2.75) is 25.8 Å². The van der Waals surface area contributed by atoms with Crippen LogP contribution in [-0.4, -0.2) is 28.5 Å². The van der Waals surface area contributed by atoms with Crippen molar-refractivity contribution in [3.63, 3.8) is 0 Å². The maximum absolute atomic E-state index is 12.9. The Labute approximate surface area is 204 Å². The molecule has 1 aromatic heterocycles. The molecule has 0 saturated heterocycles. The number of benzene rings is 2. The van der Waals surface area contributed by atoms with E-state index < -0.39 is 17.9 Å². The summed E-state index contributed by atoms with van der Waals surface area (Å²) in [6.45, 7) is 2.44. The Hall–Kier alpha value is -3.10. The lowest BCUT2D eigenvalue weighted by Crippen LogP contribution is -2.40. The smallest absolute Gasteiger partial charge is 0.242 e. The number of hydrazine groups is 1. The second-order valence-corrected chi connectivity index (χ2v) is 8.71. The molecule has 0 spiro atoms. The third kappa shape index (κ3) is 5.12. The zero-order chi connectivity index (χ0) is 23.5. The van der Waals surface area contributed by atoms with Crippen molar-refractivity contribution < 1.29 is 19.4 Å². The number of halogens is 2. The van der Waals surface area contributed by atoms with E-state index in [2.05, 4.69) is 26.3 Å². The number of aliphatic carboxylic acids is 1. The first-order chi connectivity index (χ1) is 15.9. The Morgan fingerprint density at radius 2 is 1.94 bits per heavy atom. The number of nitrogens with one attached hydrogen (secondary N) is 1. The number of amides is 1. The van der Waals surface area contributed by atoms with Crippen LogP contribution in [0.25, 0.3) is 16.6 Å². The summed E-state index contributed by atoms with van der Waals surface area (Å²) in [5, 5.41) is 13.4. The summed E-state index contributed by atoms with van der Waals surface area (Å²) in [6, 6.07) is 14.5. The Bertz CT molecular complexity index is 1250. The van der Waals surface area contributed by atoms with Gasteiger partial charge in [-0.15, -0.1) is 0 Å². The molecule has 4 rings (SSSR count). The average molecular weight is 530 g/mol. The maximum atomic E-state index is 12.9. The van der Waals surface area contributed by atoms with E-state index in [4.69, 9.17) is 16.3 Å². The highest BCUT2D eigenvalue weighted by atomic mass is 79.9. The molecule has 0 radical (unpaired) electrons. The molecule has 1 N–H and O–H groups in total. The fourth-order valence-corrected chi connectivity index (χ4v) is 4.16. The van der Waals surface area contributed by atoms with Gasteiger partial charge in [-0.1, -0.05) is 39.7 Å². The van der Waals surface area contributed by atoms with Crippen LogP contribution in [0.1, 0.15) is 36.9 Å². The number of nitrogens with zero attached hydrogens (tertiary/aromatic N) is 2. The molecule has 1 amide bonds. The zero-order valence-corrected chi connectivity index (χ0v) is 20.0. The van der Waals surface area contributed by atoms with Crippen molar-refractivity contribution in [3.8, 4) is 5.75 Å². The predicted molar refractivity (Wildman–Crippen MR) is 127 cm³/mol. The van der Waals surface area contributed by atoms with Crippen LogP contribution >= 0.6 is 27.5 Å². The van der Waals surface area contributed by atoms with E-state index in [0.29, 0.717) is 29.1 Å². The van der Waals surface area contributed by atoms with Gasteiger partial charge >= 0.3 is 0 Å². The SMILES string of the molecule is CCOc1ccc2cc(C3C=C(c4ccc(Br)cc4)NN3C(=O)CCC(=O)[O-])c(Cl)nc2c1. The number of fused-ring (bicyclic) bond motifs is 1. The summed E-state index contributed by atoms with van der Waals surface area (Å²) in [5.74, 6) is -0.980. The van der Waals surface area contributed by atoms with Crippen molar-refractivity contribution in [2.24, 2.45) is 0 Å². The lowest BCUT2D eigenvalue weighted by atomic mass is 10.0. The number of carboxylic acid groups (broad SMARTS) is 1. The minimum atomic E-state index is -1.28. The molecule has 7 nitrogen and oxygen atoms in total. The summed E-state index contributed by atoms with van der Waals surface area (Å²) in [4.78, 5) is 28.3. The van der Waals surface area contributed by atoms with Crippen LogP contribution in [-0.2, 0) is 9.59 Å². The molecule has 2 aromatic carbocycles. The van der Waals surface area contributed by atoms with Crippen LogP contribution in [0, 0.1) is 0 Å². The summed E-state index contributed by atoms with van der Waals surface area (Å²) in [5.41, 5.74) is 5.97. The van der Waals surface area contributed by atoms with Crippen LogP contribution in [0.15, 0.2) is 59.1 Å². The largest absolute Gasteiger partial charge is 0.550 e. The highest BCUT2D eigenvalue weighted by Crippen LogP contribution is 2.37. The number of pyridine rings is 1. The third-order valence-electron chi connectivity index (χ3n) is 5.21. The average Bonchev–Trinajstić information content (AvgIpc) is 3.23. The maximum Gasteiger partial charge on any atom is 0.242 e. The van der Waals surface area contributed by atoms with Gasteiger partial charge in [0.1, 0.15) is 16.9 Å². The molecule has 0 aliphatic carbocycles. The fraction of sp³-hybridized carbons (Fsp3) is 0.208. The normalized spacial score (nSPS) is 15.3. The molecular formula is C24H20BrClN3O4-. The first-order valence-electron chi connectivity index (χ1n) is 10.3. The summed E-state index contributed by atoms with van der Waals surface area (Å²) in [6.07, 6.45) is 1.30. The Morgan fingerprint density at radius 1 is 1.18 bits per heavy atom. The molecule has 0 saturated carbocycles. The first kappa shape index (κ1) is 23.1. The van der Waals surface area contributed by atoms with Gasteiger partial charge < -0.3 is 14.6 Å². The van der Waals surface area contributed by atoms with Gasteiger partial charge in [0.05, 0.1) is 17.8 Å². The lowest BCUT2D eigenvalue weighted by Gasteiger charge is -2.26. The van der Waals surface area contributed by atoms with Gasteiger partial charge in [-0.25, -0.2) is 9.99 Å². The number of carbonyl (C=O) groups is 2. The monoisotopic (exact) mass is 528 g/mol. The van der Waals surface area contributed by atoms with E-state index in [1.165, 1.54) is 5.01 Å². The molecule has 1 atom stereocenters. The van der Waals surface area contributed by atoms with Gasteiger partial charge in [0.15, 0.2) is 0 Å². The minimum Gasteiger partial charge on any atom is -0.550 e. The van der Waals surface area contributed by atoms with Crippen molar-refractivity contribution in [1.82, 2.24) is 15.4 Å². The molecule has 1 aliphatic rings. The molecular weight excluding hydrogens is 510 g/mol. The Morgan fingerprint density at radius 3 is 2.64 bits per heavy atom. The van der Waals surface area contributed by atoms with E-state index >= 15 is 0 Å². The number of hydrogen-bond acceptors (Lipinski definition) is 6. The number of ether oxygens (including phenoxy) is 1. The lowest BCUT2D eigenvalue weighted by molar-refractivity contribution is -0.305. The number of carbonyl (C=O) groups excluding carboxylic acids is 2. The van der Waals surface area contributed by atoms with Crippen molar-refractivity contribution >= 4 is 56.0 Å². The van der Waals surface area contributed by atoms with Crippen molar-refractivity contribution in [2.75, 3.05) is 6.61 Å². The molecule has 2 heterocycles. The van der Waals surface area contributed by atoms with E-state index in [9.17, 15) is 14.7 Å². The topological polar surface area (TPSA) is 94.6 Å². The molecule has 1 aliphatic heterocycles. The van der Waals surface area contributed by atoms with Crippen LogP contribution < -0.4 is 15.3 Å². The molecule has 0 fully saturated rings. The van der Waals surface area contributed by atoms with Crippen LogP contribution in [0.2, 0.25) is 5.15 Å².